The number of halogens is 2. The van der Waals surface area contributed by atoms with Crippen LogP contribution >= 0.6 is 23.2 Å². The number of phenols is 1. The lowest BCUT2D eigenvalue weighted by Crippen LogP contribution is -2.26. The van der Waals surface area contributed by atoms with Crippen molar-refractivity contribution in [2.45, 2.75) is 6.54 Å². The Labute approximate surface area is 170 Å². The summed E-state index contributed by atoms with van der Waals surface area (Å²) in [7, 11) is 1.66. The first kappa shape index (κ1) is 18.5. The Morgan fingerprint density at radius 2 is 1.86 bits per heavy atom. The second-order valence-electron chi connectivity index (χ2n) is 6.21. The van der Waals surface area contributed by atoms with Crippen LogP contribution in [0.5, 0.6) is 17.2 Å². The Morgan fingerprint density at radius 3 is 2.61 bits per heavy atom. The van der Waals surface area contributed by atoms with Crippen molar-refractivity contribution in [3.63, 3.8) is 0 Å². The van der Waals surface area contributed by atoms with E-state index in [1.165, 1.54) is 23.1 Å². The lowest BCUT2D eigenvalue weighted by molar-refractivity contribution is 0.0774. The van der Waals surface area contributed by atoms with Crippen LogP contribution in [0.3, 0.4) is 0 Å². The fraction of sp³-hybridized carbons (Fsp3) is 0.158. The van der Waals surface area contributed by atoms with E-state index in [-0.39, 0.29) is 34.2 Å². The van der Waals surface area contributed by atoms with Gasteiger partial charge < -0.3 is 24.0 Å². The molecule has 0 atom stereocenters. The van der Waals surface area contributed by atoms with Crippen LogP contribution < -0.4 is 9.47 Å². The third-order valence-electron chi connectivity index (χ3n) is 4.23. The van der Waals surface area contributed by atoms with Gasteiger partial charge in [-0.05, 0) is 29.8 Å². The summed E-state index contributed by atoms with van der Waals surface area (Å²) in [5, 5.41) is 13.6. The van der Waals surface area contributed by atoms with Crippen LogP contribution in [0.2, 0.25) is 10.0 Å². The number of ether oxygens (including phenoxy) is 2. The number of carbonyl (C=O) groups excluding carboxylic acids is 1. The van der Waals surface area contributed by atoms with E-state index in [4.69, 9.17) is 37.2 Å². The minimum absolute atomic E-state index is 0.0757. The Hall–Kier alpha value is -2.90. The first-order valence-electron chi connectivity index (χ1n) is 8.21. The van der Waals surface area contributed by atoms with Crippen molar-refractivity contribution in [1.82, 2.24) is 10.1 Å². The summed E-state index contributed by atoms with van der Waals surface area (Å²) in [5.41, 5.74) is 1.53. The quantitative estimate of drug-likeness (QED) is 0.674. The summed E-state index contributed by atoms with van der Waals surface area (Å²) >= 11 is 11.9. The van der Waals surface area contributed by atoms with Gasteiger partial charge in [0.25, 0.3) is 5.91 Å². The molecule has 1 N–H and O–H groups in total. The van der Waals surface area contributed by atoms with E-state index in [9.17, 15) is 9.90 Å². The number of fused-ring (bicyclic) bond motifs is 1. The molecule has 0 unspecified atom stereocenters. The number of hydrogen-bond donors (Lipinski definition) is 1. The fourth-order valence-corrected chi connectivity index (χ4v) is 3.29. The molecule has 144 valence electrons. The first-order chi connectivity index (χ1) is 13.4. The van der Waals surface area contributed by atoms with E-state index in [2.05, 4.69) is 5.16 Å². The third-order valence-corrected chi connectivity index (χ3v) is 4.81. The van der Waals surface area contributed by atoms with Crippen LogP contribution in [-0.4, -0.2) is 34.9 Å². The minimum atomic E-state index is -0.316. The largest absolute Gasteiger partial charge is 0.505 e. The summed E-state index contributed by atoms with van der Waals surface area (Å²) in [5.74, 6) is 1.12. The molecule has 3 aromatic rings. The van der Waals surface area contributed by atoms with Gasteiger partial charge in [-0.15, -0.1) is 0 Å². The first-order valence-corrected chi connectivity index (χ1v) is 8.97. The summed E-state index contributed by atoms with van der Waals surface area (Å²) < 4.78 is 15.9. The second kappa shape index (κ2) is 7.26. The van der Waals surface area contributed by atoms with E-state index >= 15 is 0 Å². The maximum atomic E-state index is 12.7. The molecule has 0 radical (unpaired) electrons. The Morgan fingerprint density at radius 1 is 1.14 bits per heavy atom. The molecule has 0 saturated heterocycles. The minimum Gasteiger partial charge on any atom is -0.505 e. The van der Waals surface area contributed by atoms with E-state index < -0.39 is 0 Å². The smallest absolute Gasteiger partial charge is 0.276 e. The van der Waals surface area contributed by atoms with E-state index in [0.717, 1.165) is 5.56 Å². The van der Waals surface area contributed by atoms with Gasteiger partial charge in [-0.1, -0.05) is 34.4 Å². The number of aromatic nitrogens is 1. The highest BCUT2D eigenvalue weighted by atomic mass is 35.5. The molecule has 0 aliphatic carbocycles. The van der Waals surface area contributed by atoms with Crippen molar-refractivity contribution in [2.24, 2.45) is 0 Å². The molecule has 28 heavy (non-hydrogen) atoms. The van der Waals surface area contributed by atoms with Gasteiger partial charge in [0.15, 0.2) is 28.7 Å². The van der Waals surface area contributed by atoms with E-state index in [0.29, 0.717) is 29.4 Å². The molecule has 1 amide bonds. The van der Waals surface area contributed by atoms with Crippen LogP contribution in [-0.2, 0) is 6.54 Å². The molecule has 1 aliphatic heterocycles. The number of hydrogen-bond acceptors (Lipinski definition) is 6. The molecule has 1 aromatic heterocycles. The van der Waals surface area contributed by atoms with Crippen molar-refractivity contribution >= 4 is 29.1 Å². The van der Waals surface area contributed by atoms with Gasteiger partial charge in [-0.25, -0.2) is 0 Å². The van der Waals surface area contributed by atoms with E-state index in [1.54, 1.807) is 7.05 Å². The van der Waals surface area contributed by atoms with Gasteiger partial charge in [0.2, 0.25) is 6.79 Å². The van der Waals surface area contributed by atoms with Crippen molar-refractivity contribution in [3.8, 4) is 28.6 Å². The number of carbonyl (C=O) groups is 1. The maximum Gasteiger partial charge on any atom is 0.276 e. The molecular weight excluding hydrogens is 407 g/mol. The number of benzene rings is 2. The molecular formula is C19H14Cl2N2O5. The third kappa shape index (κ3) is 3.46. The molecule has 4 rings (SSSR count). The number of rotatable bonds is 4. The Bertz CT molecular complexity index is 1040. The van der Waals surface area contributed by atoms with Gasteiger partial charge in [0, 0.05) is 25.2 Å². The number of amides is 1. The summed E-state index contributed by atoms with van der Waals surface area (Å²) in [6.45, 7) is 0.551. The second-order valence-corrected chi connectivity index (χ2v) is 7.03. The molecule has 1 aliphatic rings. The Balaban J connectivity index is 1.51. The average Bonchev–Trinajstić information content (AvgIpc) is 3.34. The summed E-state index contributed by atoms with van der Waals surface area (Å²) in [6.07, 6.45) is 0. The monoisotopic (exact) mass is 420 g/mol. The number of phenolic OH excluding ortho intramolecular Hbond substituents is 1. The summed E-state index contributed by atoms with van der Waals surface area (Å²) in [6, 6.07) is 9.97. The van der Waals surface area contributed by atoms with Crippen LogP contribution in [0, 0.1) is 0 Å². The van der Waals surface area contributed by atoms with Crippen LogP contribution in [0.25, 0.3) is 11.3 Å². The summed E-state index contributed by atoms with van der Waals surface area (Å²) in [4.78, 5) is 14.2. The predicted molar refractivity (Wildman–Crippen MR) is 102 cm³/mol. The lowest BCUT2D eigenvalue weighted by Gasteiger charge is -2.15. The van der Waals surface area contributed by atoms with Crippen molar-refractivity contribution < 1.29 is 23.9 Å². The average molecular weight is 421 g/mol. The molecule has 7 nitrogen and oxygen atoms in total. The zero-order chi connectivity index (χ0) is 19.8. The highest BCUT2D eigenvalue weighted by Gasteiger charge is 2.20. The highest BCUT2D eigenvalue weighted by Crippen LogP contribution is 2.37. The molecule has 9 heteroatoms. The standard InChI is InChI=1S/C19H14Cl2N2O5/c1-23(8-10-2-3-15-17(4-10)27-9-26-15)19(25)14-7-16(28-22-14)11-5-12(20)18(24)13(21)6-11/h2-7,24H,8-9H2,1H3. The van der Waals surface area contributed by atoms with Gasteiger partial charge in [0.1, 0.15) is 0 Å². The topological polar surface area (TPSA) is 85.0 Å². The fourth-order valence-electron chi connectivity index (χ4n) is 2.80. The van der Waals surface area contributed by atoms with Crippen LogP contribution in [0.1, 0.15) is 16.1 Å². The number of aromatic hydroxyl groups is 1. The molecule has 2 aromatic carbocycles. The van der Waals surface area contributed by atoms with Gasteiger partial charge in [-0.2, -0.15) is 0 Å². The van der Waals surface area contributed by atoms with Crippen molar-refractivity contribution in [1.29, 1.82) is 0 Å². The van der Waals surface area contributed by atoms with Crippen molar-refractivity contribution in [3.05, 3.63) is 57.7 Å². The SMILES string of the molecule is CN(Cc1ccc2c(c1)OCO2)C(=O)c1cc(-c2cc(Cl)c(O)c(Cl)c2)on1. The van der Waals surface area contributed by atoms with Crippen LogP contribution in [0.15, 0.2) is 40.9 Å². The molecule has 0 fully saturated rings. The molecule has 2 heterocycles. The highest BCUT2D eigenvalue weighted by molar-refractivity contribution is 6.37. The molecule has 0 bridgehead atoms. The van der Waals surface area contributed by atoms with Gasteiger partial charge in [0.05, 0.1) is 10.0 Å². The van der Waals surface area contributed by atoms with Gasteiger partial charge in [-0.3, -0.25) is 4.79 Å². The molecule has 0 saturated carbocycles. The molecule has 0 spiro atoms. The van der Waals surface area contributed by atoms with Crippen LogP contribution in [0.4, 0.5) is 0 Å². The predicted octanol–water partition coefficient (Wildman–Crippen LogP) is 4.35. The maximum absolute atomic E-state index is 12.7. The normalized spacial score (nSPS) is 12.2. The zero-order valence-electron chi connectivity index (χ0n) is 14.6. The Kier molecular flexibility index (Phi) is 4.78. The lowest BCUT2D eigenvalue weighted by atomic mass is 10.1. The number of nitrogens with zero attached hydrogens (tertiary/aromatic N) is 2. The van der Waals surface area contributed by atoms with Gasteiger partial charge >= 0.3 is 0 Å². The zero-order valence-corrected chi connectivity index (χ0v) is 16.1. The van der Waals surface area contributed by atoms with E-state index in [1.807, 2.05) is 18.2 Å². The van der Waals surface area contributed by atoms with Crippen molar-refractivity contribution in [2.75, 3.05) is 13.8 Å².